The highest BCUT2D eigenvalue weighted by atomic mass is 35.5. The van der Waals surface area contributed by atoms with Crippen LogP contribution in [0.25, 0.3) is 0 Å². The van der Waals surface area contributed by atoms with Crippen LogP contribution in [0.5, 0.6) is 11.5 Å². The van der Waals surface area contributed by atoms with Crippen molar-refractivity contribution in [1.29, 1.82) is 0 Å². The fraction of sp³-hybridized carbons (Fsp3) is 0.333. The summed E-state index contributed by atoms with van der Waals surface area (Å²) in [6, 6.07) is 10.6. The lowest BCUT2D eigenvalue weighted by molar-refractivity contribution is 0.203. The summed E-state index contributed by atoms with van der Waals surface area (Å²) in [6.07, 6.45) is 2.37. The van der Waals surface area contributed by atoms with Gasteiger partial charge in [-0.15, -0.1) is 0 Å². The standard InChI is InChI=1S/C21H26ClN3O3/c1-5-15(4)28-20-17(22)11-16(12-19(20)27-6-2)13-23-25-21(26)24-18-10-8-7-9-14(18)3/h7-13,15H,5-6H2,1-4H3,(H2,24,25,26). The molecule has 0 aromatic heterocycles. The van der Waals surface area contributed by atoms with Crippen LogP contribution in [0.4, 0.5) is 10.5 Å². The number of carbonyl (C=O) groups is 1. The van der Waals surface area contributed by atoms with Crippen LogP contribution in [-0.4, -0.2) is 25.0 Å². The third kappa shape index (κ3) is 6.16. The van der Waals surface area contributed by atoms with E-state index < -0.39 is 6.03 Å². The van der Waals surface area contributed by atoms with Crippen LogP contribution < -0.4 is 20.2 Å². The van der Waals surface area contributed by atoms with E-state index in [0.29, 0.717) is 28.7 Å². The SMILES string of the molecule is CCOc1cc(C=NNC(=O)Nc2ccccc2C)cc(Cl)c1OC(C)CC. The van der Waals surface area contributed by atoms with Gasteiger partial charge in [-0.3, -0.25) is 0 Å². The molecule has 2 aromatic carbocycles. The summed E-state index contributed by atoms with van der Waals surface area (Å²) >= 11 is 6.37. The Labute approximate surface area is 170 Å². The van der Waals surface area contributed by atoms with Crippen molar-refractivity contribution >= 4 is 29.5 Å². The van der Waals surface area contributed by atoms with Gasteiger partial charge < -0.3 is 14.8 Å². The first-order chi connectivity index (χ1) is 13.4. The molecule has 2 N–H and O–H groups in total. The van der Waals surface area contributed by atoms with Crippen LogP contribution in [0, 0.1) is 6.92 Å². The van der Waals surface area contributed by atoms with E-state index in [-0.39, 0.29) is 6.10 Å². The molecule has 28 heavy (non-hydrogen) atoms. The largest absolute Gasteiger partial charge is 0.490 e. The molecule has 0 aliphatic rings. The molecule has 2 rings (SSSR count). The second-order valence-electron chi connectivity index (χ2n) is 6.24. The lowest BCUT2D eigenvalue weighted by atomic mass is 10.2. The number of amides is 2. The number of para-hydroxylation sites is 1. The van der Waals surface area contributed by atoms with Gasteiger partial charge in [0.1, 0.15) is 0 Å². The molecule has 0 aliphatic carbocycles. The Hall–Kier alpha value is -2.73. The van der Waals surface area contributed by atoms with Crippen molar-refractivity contribution in [3.63, 3.8) is 0 Å². The quantitative estimate of drug-likeness (QED) is 0.459. The van der Waals surface area contributed by atoms with Gasteiger partial charge in [-0.2, -0.15) is 5.10 Å². The lowest BCUT2D eigenvalue weighted by Gasteiger charge is -2.18. The first-order valence-electron chi connectivity index (χ1n) is 9.23. The summed E-state index contributed by atoms with van der Waals surface area (Å²) in [6.45, 7) is 8.29. The number of nitrogens with one attached hydrogen (secondary N) is 2. The summed E-state index contributed by atoms with van der Waals surface area (Å²) in [5.74, 6) is 1.06. The van der Waals surface area contributed by atoms with Crippen molar-refractivity contribution in [3.8, 4) is 11.5 Å². The normalized spacial score (nSPS) is 11.9. The molecule has 0 saturated carbocycles. The number of urea groups is 1. The highest BCUT2D eigenvalue weighted by Crippen LogP contribution is 2.37. The Morgan fingerprint density at radius 2 is 2.04 bits per heavy atom. The molecule has 150 valence electrons. The Kier molecular flexibility index (Phi) is 8.14. The van der Waals surface area contributed by atoms with Crippen LogP contribution in [-0.2, 0) is 0 Å². The van der Waals surface area contributed by atoms with Crippen molar-refractivity contribution in [2.45, 2.75) is 40.2 Å². The van der Waals surface area contributed by atoms with Gasteiger partial charge in [0.05, 0.1) is 23.9 Å². The third-order valence-corrected chi connectivity index (χ3v) is 4.28. The van der Waals surface area contributed by atoms with E-state index in [2.05, 4.69) is 15.8 Å². The molecule has 2 amide bonds. The number of ether oxygens (including phenoxy) is 2. The van der Waals surface area contributed by atoms with Crippen molar-refractivity contribution in [1.82, 2.24) is 5.43 Å². The number of hydrogen-bond acceptors (Lipinski definition) is 4. The Morgan fingerprint density at radius 1 is 1.29 bits per heavy atom. The van der Waals surface area contributed by atoms with E-state index in [9.17, 15) is 4.79 Å². The third-order valence-electron chi connectivity index (χ3n) is 4.00. The highest BCUT2D eigenvalue weighted by molar-refractivity contribution is 6.32. The predicted octanol–water partition coefficient (Wildman–Crippen LogP) is 5.38. The molecule has 0 saturated heterocycles. The van der Waals surface area contributed by atoms with Gasteiger partial charge in [0, 0.05) is 5.69 Å². The number of benzene rings is 2. The predicted molar refractivity (Wildman–Crippen MR) is 114 cm³/mol. The van der Waals surface area contributed by atoms with Crippen LogP contribution in [0.2, 0.25) is 5.02 Å². The fourth-order valence-electron chi connectivity index (χ4n) is 2.35. The monoisotopic (exact) mass is 403 g/mol. The number of carbonyl (C=O) groups excluding carboxylic acids is 1. The summed E-state index contributed by atoms with van der Waals surface area (Å²) in [5.41, 5.74) is 4.81. The average molecular weight is 404 g/mol. The zero-order valence-electron chi connectivity index (χ0n) is 16.6. The summed E-state index contributed by atoms with van der Waals surface area (Å²) < 4.78 is 11.5. The minimum Gasteiger partial charge on any atom is -0.490 e. The topological polar surface area (TPSA) is 72.0 Å². The Bertz CT molecular complexity index is 840. The van der Waals surface area contributed by atoms with E-state index in [4.69, 9.17) is 21.1 Å². The molecule has 0 heterocycles. The molecule has 0 aliphatic heterocycles. The van der Waals surface area contributed by atoms with Crippen LogP contribution in [0.15, 0.2) is 41.5 Å². The summed E-state index contributed by atoms with van der Waals surface area (Å²) in [7, 11) is 0. The maximum absolute atomic E-state index is 12.0. The molecular formula is C21H26ClN3O3. The van der Waals surface area contributed by atoms with Crippen LogP contribution >= 0.6 is 11.6 Å². The van der Waals surface area contributed by atoms with E-state index in [1.54, 1.807) is 12.1 Å². The Balaban J connectivity index is 2.08. The molecule has 1 unspecified atom stereocenters. The maximum atomic E-state index is 12.0. The van der Waals surface area contributed by atoms with Crippen LogP contribution in [0.1, 0.15) is 38.3 Å². The van der Waals surface area contributed by atoms with Gasteiger partial charge in [0.25, 0.3) is 0 Å². The van der Waals surface area contributed by atoms with Crippen LogP contribution in [0.3, 0.4) is 0 Å². The average Bonchev–Trinajstić information content (AvgIpc) is 2.66. The highest BCUT2D eigenvalue weighted by Gasteiger charge is 2.14. The number of halogens is 1. The number of hydrazone groups is 1. The lowest BCUT2D eigenvalue weighted by Crippen LogP contribution is -2.24. The van der Waals surface area contributed by atoms with E-state index in [1.807, 2.05) is 52.0 Å². The summed E-state index contributed by atoms with van der Waals surface area (Å²) in [4.78, 5) is 12.0. The molecule has 0 spiro atoms. The van der Waals surface area contributed by atoms with Gasteiger partial charge in [-0.05, 0) is 56.5 Å². The van der Waals surface area contributed by atoms with Gasteiger partial charge >= 0.3 is 6.03 Å². The van der Waals surface area contributed by atoms with Gasteiger partial charge in [-0.1, -0.05) is 36.7 Å². The molecule has 0 radical (unpaired) electrons. The number of nitrogens with zero attached hydrogens (tertiary/aromatic N) is 1. The first-order valence-corrected chi connectivity index (χ1v) is 9.61. The fourth-order valence-corrected chi connectivity index (χ4v) is 2.62. The van der Waals surface area contributed by atoms with Gasteiger partial charge in [-0.25, -0.2) is 10.2 Å². The molecule has 2 aromatic rings. The first kappa shape index (κ1) is 21.6. The van der Waals surface area contributed by atoms with Gasteiger partial charge in [0.2, 0.25) is 0 Å². The smallest absolute Gasteiger partial charge is 0.339 e. The summed E-state index contributed by atoms with van der Waals surface area (Å²) in [5, 5.41) is 7.14. The number of anilines is 1. The van der Waals surface area contributed by atoms with Crippen molar-refractivity contribution in [2.24, 2.45) is 5.10 Å². The minimum atomic E-state index is -0.432. The number of rotatable bonds is 8. The van der Waals surface area contributed by atoms with Crippen molar-refractivity contribution in [3.05, 3.63) is 52.5 Å². The number of hydrogen-bond donors (Lipinski definition) is 2. The molecule has 1 atom stereocenters. The minimum absolute atomic E-state index is 0.0167. The van der Waals surface area contributed by atoms with E-state index in [1.165, 1.54) is 6.21 Å². The van der Waals surface area contributed by atoms with Crippen molar-refractivity contribution < 1.29 is 14.3 Å². The van der Waals surface area contributed by atoms with E-state index >= 15 is 0 Å². The molecule has 0 fully saturated rings. The molecule has 7 heteroatoms. The Morgan fingerprint density at radius 3 is 2.71 bits per heavy atom. The zero-order chi connectivity index (χ0) is 20.5. The number of aryl methyl sites for hydroxylation is 1. The molecule has 6 nitrogen and oxygen atoms in total. The second kappa shape index (κ2) is 10.6. The van der Waals surface area contributed by atoms with Crippen molar-refractivity contribution in [2.75, 3.05) is 11.9 Å². The maximum Gasteiger partial charge on any atom is 0.339 e. The molecule has 0 bridgehead atoms. The van der Waals surface area contributed by atoms with Gasteiger partial charge in [0.15, 0.2) is 11.5 Å². The van der Waals surface area contributed by atoms with E-state index in [0.717, 1.165) is 17.7 Å². The zero-order valence-corrected chi connectivity index (χ0v) is 17.3. The second-order valence-corrected chi connectivity index (χ2v) is 6.65. The molecular weight excluding hydrogens is 378 g/mol.